The second kappa shape index (κ2) is 5.24. The maximum absolute atomic E-state index is 9.18. The molecule has 0 aliphatic heterocycles. The first-order valence-electron chi connectivity index (χ1n) is 5.16. The summed E-state index contributed by atoms with van der Waals surface area (Å²) in [4.78, 5) is 2.23. The average Bonchev–Trinajstić information content (AvgIpc) is 2.05. The van der Waals surface area contributed by atoms with Crippen LogP contribution in [0.4, 0.5) is 0 Å². The number of nitriles is 1. The predicted octanol–water partition coefficient (Wildman–Crippen LogP) is 2.66. The van der Waals surface area contributed by atoms with E-state index in [1.165, 1.54) is 0 Å². The van der Waals surface area contributed by atoms with Gasteiger partial charge in [0.05, 0.1) is 6.07 Å². The van der Waals surface area contributed by atoms with Gasteiger partial charge in [-0.1, -0.05) is 27.7 Å². The fourth-order valence-electron chi connectivity index (χ4n) is 1.96. The molecule has 0 radical (unpaired) electrons. The fourth-order valence-corrected chi connectivity index (χ4v) is 1.96. The van der Waals surface area contributed by atoms with Crippen LogP contribution in [0, 0.1) is 17.2 Å². The quantitative estimate of drug-likeness (QED) is 0.653. The summed E-state index contributed by atoms with van der Waals surface area (Å²) in [6.07, 6.45) is 0.950. The number of rotatable bonds is 5. The zero-order valence-corrected chi connectivity index (χ0v) is 9.59. The van der Waals surface area contributed by atoms with Crippen LogP contribution in [0.5, 0.6) is 0 Å². The topological polar surface area (TPSA) is 27.0 Å². The Labute approximate surface area is 82.5 Å². The number of nitrogens with zero attached hydrogens (tertiary/aromatic N) is 2. The first-order chi connectivity index (χ1) is 6.00. The van der Waals surface area contributed by atoms with Crippen molar-refractivity contribution >= 4 is 0 Å². The molecular weight excluding hydrogens is 160 g/mol. The maximum atomic E-state index is 9.18. The van der Waals surface area contributed by atoms with Crippen molar-refractivity contribution in [3.63, 3.8) is 0 Å². The van der Waals surface area contributed by atoms with Gasteiger partial charge >= 0.3 is 0 Å². The van der Waals surface area contributed by atoms with Gasteiger partial charge < -0.3 is 0 Å². The van der Waals surface area contributed by atoms with Crippen molar-refractivity contribution < 1.29 is 0 Å². The summed E-state index contributed by atoms with van der Waals surface area (Å²) in [5, 5.41) is 9.18. The van der Waals surface area contributed by atoms with E-state index in [4.69, 9.17) is 0 Å². The van der Waals surface area contributed by atoms with Crippen molar-refractivity contribution in [2.45, 2.75) is 46.6 Å². The first-order valence-corrected chi connectivity index (χ1v) is 5.16. The standard InChI is InChI=1S/C11H22N2/c1-6-13(7-2)11(5,9-12)8-10(3)4/h10H,6-8H2,1-5H3. The summed E-state index contributed by atoms with van der Waals surface area (Å²) in [6, 6.07) is 2.44. The van der Waals surface area contributed by atoms with Crippen LogP contribution in [0.15, 0.2) is 0 Å². The summed E-state index contributed by atoms with van der Waals surface area (Å²) in [5.41, 5.74) is -0.280. The highest BCUT2D eigenvalue weighted by atomic mass is 15.2. The Morgan fingerprint density at radius 1 is 1.31 bits per heavy atom. The second-order valence-corrected chi connectivity index (χ2v) is 4.16. The van der Waals surface area contributed by atoms with Crippen molar-refractivity contribution in [1.82, 2.24) is 4.90 Å². The summed E-state index contributed by atoms with van der Waals surface area (Å²) in [5.74, 6) is 0.574. The van der Waals surface area contributed by atoms with Crippen molar-refractivity contribution in [3.8, 4) is 6.07 Å². The molecule has 1 unspecified atom stereocenters. The SMILES string of the molecule is CCN(CC)C(C)(C#N)CC(C)C. The van der Waals surface area contributed by atoms with Crippen LogP contribution in [0.3, 0.4) is 0 Å². The Bertz CT molecular complexity index is 177. The summed E-state index contributed by atoms with van der Waals surface area (Å²) < 4.78 is 0. The van der Waals surface area contributed by atoms with Crippen LogP contribution >= 0.6 is 0 Å². The van der Waals surface area contributed by atoms with Gasteiger partial charge in [0.1, 0.15) is 5.54 Å². The molecule has 0 saturated heterocycles. The highest BCUT2D eigenvalue weighted by Gasteiger charge is 2.30. The normalized spacial score (nSPS) is 15.8. The Kier molecular flexibility index (Phi) is 5.02. The summed E-state index contributed by atoms with van der Waals surface area (Å²) in [7, 11) is 0. The molecule has 1 atom stereocenters. The Balaban J connectivity index is 4.52. The molecule has 2 nitrogen and oxygen atoms in total. The van der Waals surface area contributed by atoms with E-state index in [-0.39, 0.29) is 5.54 Å². The first kappa shape index (κ1) is 12.4. The van der Waals surface area contributed by atoms with Crippen LogP contribution in [-0.4, -0.2) is 23.5 Å². The van der Waals surface area contributed by atoms with Crippen molar-refractivity contribution in [2.24, 2.45) is 5.92 Å². The van der Waals surface area contributed by atoms with Crippen LogP contribution in [0.2, 0.25) is 0 Å². The van der Waals surface area contributed by atoms with Crippen LogP contribution in [-0.2, 0) is 0 Å². The molecule has 0 aliphatic rings. The van der Waals surface area contributed by atoms with Gasteiger partial charge in [-0.05, 0) is 32.4 Å². The van der Waals surface area contributed by atoms with Crippen LogP contribution < -0.4 is 0 Å². The van der Waals surface area contributed by atoms with Gasteiger partial charge in [-0.3, -0.25) is 4.90 Å². The minimum absolute atomic E-state index is 0.280. The molecular formula is C11H22N2. The van der Waals surface area contributed by atoms with Gasteiger partial charge in [0.15, 0.2) is 0 Å². The maximum Gasteiger partial charge on any atom is 0.106 e. The molecule has 0 aliphatic carbocycles. The zero-order valence-electron chi connectivity index (χ0n) is 9.59. The van der Waals surface area contributed by atoms with Crippen molar-refractivity contribution in [1.29, 1.82) is 5.26 Å². The van der Waals surface area contributed by atoms with E-state index in [0.717, 1.165) is 19.5 Å². The molecule has 0 aromatic rings. The second-order valence-electron chi connectivity index (χ2n) is 4.16. The molecule has 0 heterocycles. The molecule has 2 heteroatoms. The molecule has 0 aromatic heterocycles. The number of hydrogen-bond acceptors (Lipinski definition) is 2. The van der Waals surface area contributed by atoms with E-state index in [0.29, 0.717) is 5.92 Å². The molecule has 0 saturated carbocycles. The fraction of sp³-hybridized carbons (Fsp3) is 0.909. The van der Waals surface area contributed by atoms with Crippen LogP contribution in [0.1, 0.15) is 41.0 Å². The van der Waals surface area contributed by atoms with Gasteiger partial charge in [0.25, 0.3) is 0 Å². The van der Waals surface area contributed by atoms with Gasteiger partial charge in [0, 0.05) is 0 Å². The molecule has 0 N–H and O–H groups in total. The van der Waals surface area contributed by atoms with E-state index >= 15 is 0 Å². The van der Waals surface area contributed by atoms with Crippen LogP contribution in [0.25, 0.3) is 0 Å². The Morgan fingerprint density at radius 2 is 1.77 bits per heavy atom. The van der Waals surface area contributed by atoms with Crippen molar-refractivity contribution in [2.75, 3.05) is 13.1 Å². The lowest BCUT2D eigenvalue weighted by Gasteiger charge is -2.35. The molecule has 0 fully saturated rings. The molecule has 0 spiro atoms. The van der Waals surface area contributed by atoms with Gasteiger partial charge in [-0.15, -0.1) is 0 Å². The summed E-state index contributed by atoms with van der Waals surface area (Å²) in [6.45, 7) is 12.5. The Hall–Kier alpha value is -0.550. The molecule has 0 amide bonds. The van der Waals surface area contributed by atoms with Gasteiger partial charge in [-0.25, -0.2) is 0 Å². The minimum Gasteiger partial charge on any atom is -0.286 e. The number of hydrogen-bond donors (Lipinski definition) is 0. The van der Waals surface area contributed by atoms with Gasteiger partial charge in [-0.2, -0.15) is 5.26 Å². The lowest BCUT2D eigenvalue weighted by Crippen LogP contribution is -2.45. The molecule has 76 valence electrons. The van der Waals surface area contributed by atoms with Crippen molar-refractivity contribution in [3.05, 3.63) is 0 Å². The minimum atomic E-state index is -0.280. The molecule has 13 heavy (non-hydrogen) atoms. The van der Waals surface area contributed by atoms with E-state index in [2.05, 4.69) is 38.7 Å². The lowest BCUT2D eigenvalue weighted by molar-refractivity contribution is 0.145. The Morgan fingerprint density at radius 3 is 2.00 bits per heavy atom. The van der Waals surface area contributed by atoms with E-state index in [1.807, 2.05) is 6.92 Å². The van der Waals surface area contributed by atoms with E-state index in [9.17, 15) is 5.26 Å². The highest BCUT2D eigenvalue weighted by Crippen LogP contribution is 2.22. The molecule has 0 rings (SSSR count). The third-order valence-corrected chi connectivity index (χ3v) is 2.51. The predicted molar refractivity (Wildman–Crippen MR) is 56.4 cm³/mol. The average molecular weight is 182 g/mol. The zero-order chi connectivity index (χ0) is 10.5. The third kappa shape index (κ3) is 3.36. The van der Waals surface area contributed by atoms with E-state index in [1.54, 1.807) is 0 Å². The monoisotopic (exact) mass is 182 g/mol. The summed E-state index contributed by atoms with van der Waals surface area (Å²) >= 11 is 0. The van der Waals surface area contributed by atoms with Gasteiger partial charge in [0.2, 0.25) is 0 Å². The largest absolute Gasteiger partial charge is 0.286 e. The lowest BCUT2D eigenvalue weighted by atomic mass is 9.90. The highest BCUT2D eigenvalue weighted by molar-refractivity contribution is 5.05. The smallest absolute Gasteiger partial charge is 0.106 e. The molecule has 0 bridgehead atoms. The third-order valence-electron chi connectivity index (χ3n) is 2.51. The molecule has 0 aromatic carbocycles. The van der Waals surface area contributed by atoms with E-state index < -0.39 is 0 Å².